The molecule has 0 saturated heterocycles. The molecule has 0 aromatic carbocycles. The molecule has 0 radical (unpaired) electrons. The van der Waals surface area contributed by atoms with Gasteiger partial charge in [0.05, 0.1) is 18.3 Å². The van der Waals surface area contributed by atoms with E-state index >= 15 is 0 Å². The molecule has 80 valence electrons. The molecule has 5 heteroatoms. The lowest BCUT2D eigenvalue weighted by molar-refractivity contribution is 0.151. The highest BCUT2D eigenvalue weighted by molar-refractivity contribution is 7.97. The summed E-state index contributed by atoms with van der Waals surface area (Å²) in [6.07, 6.45) is 3.84. The quantitative estimate of drug-likeness (QED) is 0.783. The molecule has 0 aliphatic carbocycles. The zero-order valence-corrected chi connectivity index (χ0v) is 9.38. The minimum atomic E-state index is -0.359. The molecule has 1 N–H and O–H groups in total. The van der Waals surface area contributed by atoms with E-state index in [4.69, 9.17) is 4.52 Å². The van der Waals surface area contributed by atoms with Gasteiger partial charge in [0.2, 0.25) is 5.89 Å². The molecule has 0 bridgehead atoms. The maximum atomic E-state index is 9.51. The van der Waals surface area contributed by atoms with Crippen molar-refractivity contribution in [1.82, 2.24) is 10.1 Å². The summed E-state index contributed by atoms with van der Waals surface area (Å²) in [5.41, 5.74) is 0. The van der Waals surface area contributed by atoms with Gasteiger partial charge in [-0.15, -0.1) is 0 Å². The number of aromatic nitrogens is 2. The van der Waals surface area contributed by atoms with Crippen LogP contribution in [0.25, 0.3) is 0 Å². The summed E-state index contributed by atoms with van der Waals surface area (Å²) in [5.74, 6) is 2.00. The van der Waals surface area contributed by atoms with Crippen LogP contribution in [0.2, 0.25) is 0 Å². The molecule has 0 aliphatic heterocycles. The minimum absolute atomic E-state index is 0.359. The average molecular weight is 216 g/mol. The summed E-state index contributed by atoms with van der Waals surface area (Å²) in [6.45, 7) is 2.04. The number of nitrogens with zero attached hydrogens (tertiary/aromatic N) is 2. The molecule has 0 fully saturated rings. The molecule has 4 nitrogen and oxygen atoms in total. The van der Waals surface area contributed by atoms with Crippen molar-refractivity contribution >= 4 is 11.8 Å². The lowest BCUT2D eigenvalue weighted by atomic mass is 10.1. The van der Waals surface area contributed by atoms with E-state index < -0.39 is 0 Å². The van der Waals surface area contributed by atoms with Crippen molar-refractivity contribution in [2.24, 2.45) is 0 Å². The van der Waals surface area contributed by atoms with Crippen LogP contribution in [-0.2, 0) is 12.2 Å². The van der Waals surface area contributed by atoms with E-state index in [1.165, 1.54) is 0 Å². The molecule has 0 spiro atoms. The number of aliphatic hydroxyl groups excluding tert-OH is 1. The van der Waals surface area contributed by atoms with Crippen molar-refractivity contribution < 1.29 is 9.63 Å². The Kier molecular flexibility index (Phi) is 4.97. The second-order valence-corrected chi connectivity index (χ2v) is 4.05. The van der Waals surface area contributed by atoms with Crippen LogP contribution in [0.5, 0.6) is 0 Å². The molecule has 0 aliphatic rings. The zero-order chi connectivity index (χ0) is 10.4. The molecule has 14 heavy (non-hydrogen) atoms. The maximum absolute atomic E-state index is 9.51. The largest absolute Gasteiger partial charge is 0.393 e. The van der Waals surface area contributed by atoms with Gasteiger partial charge in [-0.1, -0.05) is 18.5 Å². The fourth-order valence-corrected chi connectivity index (χ4v) is 1.57. The minimum Gasteiger partial charge on any atom is -0.393 e. The standard InChI is InChI=1S/C9H16N2O2S/c1-3-4-7(12)5-9-10-8(6-14-2)11-13-9/h7,12H,3-6H2,1-2H3. The van der Waals surface area contributed by atoms with Crippen molar-refractivity contribution in [3.8, 4) is 0 Å². The summed E-state index contributed by atoms with van der Waals surface area (Å²) < 4.78 is 5.00. The molecule has 1 aromatic heterocycles. The van der Waals surface area contributed by atoms with E-state index in [0.29, 0.717) is 18.1 Å². The van der Waals surface area contributed by atoms with Gasteiger partial charge in [0.1, 0.15) is 0 Å². The van der Waals surface area contributed by atoms with E-state index in [1.807, 2.05) is 13.2 Å². The van der Waals surface area contributed by atoms with Gasteiger partial charge in [-0.2, -0.15) is 16.7 Å². The first-order valence-electron chi connectivity index (χ1n) is 4.74. The van der Waals surface area contributed by atoms with E-state index in [-0.39, 0.29) is 6.10 Å². The number of thioether (sulfide) groups is 1. The Bertz CT molecular complexity index is 265. The first-order chi connectivity index (χ1) is 6.76. The maximum Gasteiger partial charge on any atom is 0.229 e. The Balaban J connectivity index is 2.42. The van der Waals surface area contributed by atoms with Crippen LogP contribution in [0.15, 0.2) is 4.52 Å². The van der Waals surface area contributed by atoms with Gasteiger partial charge >= 0.3 is 0 Å². The second-order valence-electron chi connectivity index (χ2n) is 3.18. The highest BCUT2D eigenvalue weighted by Crippen LogP contribution is 2.08. The Labute approximate surface area is 88.1 Å². The lowest BCUT2D eigenvalue weighted by Crippen LogP contribution is -2.09. The van der Waals surface area contributed by atoms with Crippen LogP contribution in [0, 0.1) is 0 Å². The monoisotopic (exact) mass is 216 g/mol. The molecular weight excluding hydrogens is 200 g/mol. The number of rotatable bonds is 6. The molecule has 1 heterocycles. The lowest BCUT2D eigenvalue weighted by Gasteiger charge is -2.03. The predicted octanol–water partition coefficient (Wildman–Crippen LogP) is 1.64. The van der Waals surface area contributed by atoms with E-state index in [2.05, 4.69) is 10.1 Å². The van der Waals surface area contributed by atoms with Crippen LogP contribution in [0.1, 0.15) is 31.5 Å². The van der Waals surface area contributed by atoms with Crippen LogP contribution < -0.4 is 0 Å². The molecule has 1 atom stereocenters. The normalized spacial score (nSPS) is 13.1. The highest BCUT2D eigenvalue weighted by Gasteiger charge is 2.10. The van der Waals surface area contributed by atoms with Crippen molar-refractivity contribution in [2.45, 2.75) is 38.0 Å². The van der Waals surface area contributed by atoms with Gasteiger partial charge in [0.15, 0.2) is 5.82 Å². The van der Waals surface area contributed by atoms with Crippen molar-refractivity contribution in [3.63, 3.8) is 0 Å². The van der Waals surface area contributed by atoms with E-state index in [1.54, 1.807) is 11.8 Å². The Hall–Kier alpha value is -0.550. The van der Waals surface area contributed by atoms with Crippen LogP contribution in [-0.4, -0.2) is 27.6 Å². The van der Waals surface area contributed by atoms with E-state index in [9.17, 15) is 5.11 Å². The summed E-state index contributed by atoms with van der Waals surface area (Å²) in [4.78, 5) is 4.16. The summed E-state index contributed by atoms with van der Waals surface area (Å²) >= 11 is 1.65. The van der Waals surface area contributed by atoms with Crippen LogP contribution in [0.4, 0.5) is 0 Å². The molecule has 0 amide bonds. The molecule has 0 saturated carbocycles. The second kappa shape index (κ2) is 6.03. The smallest absolute Gasteiger partial charge is 0.229 e. The fraction of sp³-hybridized carbons (Fsp3) is 0.778. The highest BCUT2D eigenvalue weighted by atomic mass is 32.2. The van der Waals surface area contributed by atoms with Crippen molar-refractivity contribution in [1.29, 1.82) is 0 Å². The third-order valence-electron chi connectivity index (χ3n) is 1.82. The van der Waals surface area contributed by atoms with Gasteiger partial charge in [-0.3, -0.25) is 0 Å². The number of hydrogen-bond donors (Lipinski definition) is 1. The van der Waals surface area contributed by atoms with Crippen molar-refractivity contribution in [3.05, 3.63) is 11.7 Å². The summed E-state index contributed by atoms with van der Waals surface area (Å²) in [7, 11) is 0. The SMILES string of the molecule is CCCC(O)Cc1nc(CSC)no1. The number of hydrogen-bond acceptors (Lipinski definition) is 5. The van der Waals surface area contributed by atoms with Gasteiger partial charge in [-0.05, 0) is 12.7 Å². The van der Waals surface area contributed by atoms with Crippen molar-refractivity contribution in [2.75, 3.05) is 6.26 Å². The van der Waals surface area contributed by atoms with Crippen LogP contribution >= 0.6 is 11.8 Å². The topological polar surface area (TPSA) is 59.2 Å². The Morgan fingerprint density at radius 2 is 2.36 bits per heavy atom. The van der Waals surface area contributed by atoms with Gasteiger partial charge in [0.25, 0.3) is 0 Å². The summed E-state index contributed by atoms with van der Waals surface area (Å²) in [5, 5.41) is 13.3. The van der Waals surface area contributed by atoms with E-state index in [0.717, 1.165) is 18.6 Å². The molecule has 1 aromatic rings. The van der Waals surface area contributed by atoms with Gasteiger partial charge in [-0.25, -0.2) is 0 Å². The molecule has 1 rings (SSSR count). The fourth-order valence-electron chi connectivity index (χ4n) is 1.20. The Morgan fingerprint density at radius 1 is 1.57 bits per heavy atom. The number of aliphatic hydroxyl groups is 1. The first kappa shape index (κ1) is 11.5. The third-order valence-corrected chi connectivity index (χ3v) is 2.36. The third kappa shape index (κ3) is 3.67. The molecule has 1 unspecified atom stereocenters. The Morgan fingerprint density at radius 3 is 3.00 bits per heavy atom. The van der Waals surface area contributed by atoms with Gasteiger partial charge in [0, 0.05) is 0 Å². The summed E-state index contributed by atoms with van der Waals surface area (Å²) in [6, 6.07) is 0. The van der Waals surface area contributed by atoms with Gasteiger partial charge < -0.3 is 9.63 Å². The average Bonchev–Trinajstić information content (AvgIpc) is 2.53. The first-order valence-corrected chi connectivity index (χ1v) is 6.14. The predicted molar refractivity (Wildman–Crippen MR) is 56.1 cm³/mol. The molecular formula is C9H16N2O2S. The zero-order valence-electron chi connectivity index (χ0n) is 8.56. The van der Waals surface area contributed by atoms with Crippen LogP contribution in [0.3, 0.4) is 0 Å².